The highest BCUT2D eigenvalue weighted by molar-refractivity contribution is 8.00. The summed E-state index contributed by atoms with van der Waals surface area (Å²) < 4.78 is 7.28. The normalized spacial score (nSPS) is 18.5. The minimum Gasteiger partial charge on any atom is -0.376 e. The number of rotatable bonds is 5. The summed E-state index contributed by atoms with van der Waals surface area (Å²) in [5, 5.41) is 8.76. The Kier molecular flexibility index (Phi) is 4.78. The van der Waals surface area contributed by atoms with E-state index in [0.717, 1.165) is 36.0 Å². The number of amides is 1. The average molecular weight is 371 g/mol. The van der Waals surface area contributed by atoms with Crippen LogP contribution in [0.5, 0.6) is 0 Å². The average Bonchev–Trinajstić information content (AvgIpc) is 3.29. The molecule has 0 saturated carbocycles. The van der Waals surface area contributed by atoms with Gasteiger partial charge in [-0.05, 0) is 38.8 Å². The van der Waals surface area contributed by atoms with Gasteiger partial charge in [-0.3, -0.25) is 4.79 Å². The predicted molar refractivity (Wildman–Crippen MR) is 100 cm³/mol. The Hall–Kier alpha value is -2.19. The van der Waals surface area contributed by atoms with Gasteiger partial charge in [-0.2, -0.15) is 4.52 Å². The van der Waals surface area contributed by atoms with Gasteiger partial charge in [0.25, 0.3) is 0 Å². The van der Waals surface area contributed by atoms with Crippen molar-refractivity contribution in [2.75, 3.05) is 13.2 Å². The zero-order valence-electron chi connectivity index (χ0n) is 14.8. The molecule has 2 atom stereocenters. The lowest BCUT2D eigenvalue weighted by Gasteiger charge is -2.15. The van der Waals surface area contributed by atoms with Gasteiger partial charge in [-0.1, -0.05) is 23.9 Å². The first-order valence-electron chi connectivity index (χ1n) is 8.80. The van der Waals surface area contributed by atoms with Crippen molar-refractivity contribution in [1.29, 1.82) is 0 Å². The van der Waals surface area contributed by atoms with E-state index < -0.39 is 0 Å². The van der Waals surface area contributed by atoms with E-state index >= 15 is 0 Å². The van der Waals surface area contributed by atoms with E-state index in [4.69, 9.17) is 9.72 Å². The number of thioether (sulfide) groups is 1. The maximum atomic E-state index is 12.4. The van der Waals surface area contributed by atoms with E-state index in [2.05, 4.69) is 15.4 Å². The largest absolute Gasteiger partial charge is 0.376 e. The zero-order chi connectivity index (χ0) is 18.1. The first-order valence-corrected chi connectivity index (χ1v) is 9.68. The molecule has 0 radical (unpaired) electrons. The van der Waals surface area contributed by atoms with E-state index in [1.165, 1.54) is 11.8 Å². The summed E-state index contributed by atoms with van der Waals surface area (Å²) in [6.07, 6.45) is 2.21. The minimum absolute atomic E-state index is 0.0227. The lowest BCUT2D eigenvalue weighted by atomic mass is 10.2. The molecule has 7 nitrogen and oxygen atoms in total. The molecule has 2 aromatic heterocycles. The van der Waals surface area contributed by atoms with Crippen molar-refractivity contribution in [1.82, 2.24) is 24.9 Å². The fraction of sp³-hybridized carbons (Fsp3) is 0.444. The predicted octanol–water partition coefficient (Wildman–Crippen LogP) is 2.36. The summed E-state index contributed by atoms with van der Waals surface area (Å²) in [6, 6.07) is 7.84. The first kappa shape index (κ1) is 17.2. The second-order valence-electron chi connectivity index (χ2n) is 6.45. The third-order valence-electron chi connectivity index (χ3n) is 4.43. The number of nitrogens with one attached hydrogen (secondary N) is 1. The Morgan fingerprint density at radius 2 is 2.27 bits per heavy atom. The molecule has 1 aliphatic rings. The highest BCUT2D eigenvalue weighted by Crippen LogP contribution is 2.26. The van der Waals surface area contributed by atoms with Crippen LogP contribution in [0.25, 0.3) is 16.6 Å². The quantitative estimate of drug-likeness (QED) is 0.548. The van der Waals surface area contributed by atoms with Crippen molar-refractivity contribution in [2.45, 2.75) is 43.2 Å². The Morgan fingerprint density at radius 3 is 3.08 bits per heavy atom. The Bertz CT molecular complexity index is 951. The molecular weight excluding hydrogens is 350 g/mol. The van der Waals surface area contributed by atoms with Gasteiger partial charge < -0.3 is 10.1 Å². The number of aromatic nitrogens is 4. The van der Waals surface area contributed by atoms with Gasteiger partial charge in [0, 0.05) is 18.5 Å². The molecule has 26 heavy (non-hydrogen) atoms. The molecule has 0 spiro atoms. The van der Waals surface area contributed by atoms with Crippen LogP contribution in [0.1, 0.15) is 25.6 Å². The van der Waals surface area contributed by atoms with Crippen molar-refractivity contribution in [2.24, 2.45) is 0 Å². The van der Waals surface area contributed by atoms with Gasteiger partial charge >= 0.3 is 0 Å². The molecular formula is C18H21N5O2S. The van der Waals surface area contributed by atoms with Crippen molar-refractivity contribution in [3.05, 3.63) is 30.1 Å². The number of hydrogen-bond donors (Lipinski definition) is 1. The molecule has 136 valence electrons. The van der Waals surface area contributed by atoms with Crippen LogP contribution in [0.15, 0.2) is 29.4 Å². The van der Waals surface area contributed by atoms with Crippen molar-refractivity contribution < 1.29 is 9.53 Å². The van der Waals surface area contributed by atoms with Gasteiger partial charge in [0.15, 0.2) is 10.8 Å². The van der Waals surface area contributed by atoms with Crippen molar-refractivity contribution >= 4 is 34.2 Å². The summed E-state index contributed by atoms with van der Waals surface area (Å²) in [7, 11) is 0. The monoisotopic (exact) mass is 371 g/mol. The van der Waals surface area contributed by atoms with Crippen LogP contribution in [-0.2, 0) is 9.53 Å². The molecule has 1 amide bonds. The van der Waals surface area contributed by atoms with Crippen LogP contribution in [-0.4, -0.2) is 50.0 Å². The first-order chi connectivity index (χ1) is 12.6. The number of aryl methyl sites for hydroxylation is 1. The summed E-state index contributed by atoms with van der Waals surface area (Å²) in [5.41, 5.74) is 1.62. The van der Waals surface area contributed by atoms with E-state index in [1.807, 2.05) is 38.1 Å². The summed E-state index contributed by atoms with van der Waals surface area (Å²) in [6.45, 7) is 5.08. The van der Waals surface area contributed by atoms with E-state index in [-0.39, 0.29) is 17.3 Å². The van der Waals surface area contributed by atoms with E-state index in [0.29, 0.717) is 17.5 Å². The van der Waals surface area contributed by atoms with E-state index in [1.54, 1.807) is 4.52 Å². The molecule has 1 fully saturated rings. The topological polar surface area (TPSA) is 81.4 Å². The van der Waals surface area contributed by atoms with Gasteiger partial charge in [-0.15, -0.1) is 5.10 Å². The van der Waals surface area contributed by atoms with Gasteiger partial charge in [-0.25, -0.2) is 9.97 Å². The molecule has 3 heterocycles. The van der Waals surface area contributed by atoms with Crippen molar-refractivity contribution in [3.8, 4) is 0 Å². The van der Waals surface area contributed by atoms with Gasteiger partial charge in [0.1, 0.15) is 5.82 Å². The highest BCUT2D eigenvalue weighted by Gasteiger charge is 2.21. The molecule has 0 unspecified atom stereocenters. The fourth-order valence-electron chi connectivity index (χ4n) is 3.08. The molecule has 8 heteroatoms. The molecule has 3 aromatic rings. The number of fused-ring (bicyclic) bond motifs is 3. The lowest BCUT2D eigenvalue weighted by molar-refractivity contribution is -0.120. The Labute approximate surface area is 155 Å². The number of carbonyl (C=O) groups is 1. The molecule has 1 saturated heterocycles. The number of benzene rings is 1. The number of hydrogen-bond acceptors (Lipinski definition) is 6. The standard InChI is InChI=1S/C18H21N5O2S/c1-11(17(24)19-10-13-6-5-9-25-13)26-18-21-15-8-4-3-7-14(15)16-20-12(2)22-23(16)18/h3-4,7-8,11,13H,5-6,9-10H2,1-2H3,(H,19,24)/t11-,13-/m0/s1. The molecule has 1 aliphatic heterocycles. The second-order valence-corrected chi connectivity index (χ2v) is 7.75. The van der Waals surface area contributed by atoms with Crippen molar-refractivity contribution in [3.63, 3.8) is 0 Å². The Balaban J connectivity index is 1.56. The van der Waals surface area contributed by atoms with Crippen LogP contribution in [0.2, 0.25) is 0 Å². The maximum Gasteiger partial charge on any atom is 0.233 e. The third-order valence-corrected chi connectivity index (χ3v) is 5.48. The van der Waals surface area contributed by atoms with E-state index in [9.17, 15) is 4.79 Å². The lowest BCUT2D eigenvalue weighted by Crippen LogP contribution is -2.36. The third kappa shape index (κ3) is 3.39. The summed E-state index contributed by atoms with van der Waals surface area (Å²) in [4.78, 5) is 21.7. The summed E-state index contributed by atoms with van der Waals surface area (Å²) in [5.74, 6) is 0.658. The number of para-hydroxylation sites is 1. The second kappa shape index (κ2) is 7.20. The SMILES string of the molecule is Cc1nc2c3ccccc3nc(S[C@@H](C)C(=O)NC[C@@H]3CCCO3)n2n1. The minimum atomic E-state index is -0.294. The van der Waals surface area contributed by atoms with Gasteiger partial charge in [0.2, 0.25) is 5.91 Å². The van der Waals surface area contributed by atoms with Crippen LogP contribution in [0.3, 0.4) is 0 Å². The van der Waals surface area contributed by atoms with Crippen LogP contribution < -0.4 is 5.32 Å². The van der Waals surface area contributed by atoms with Gasteiger partial charge in [0.05, 0.1) is 16.9 Å². The zero-order valence-corrected chi connectivity index (χ0v) is 15.6. The Morgan fingerprint density at radius 1 is 1.42 bits per heavy atom. The molecule has 4 rings (SSSR count). The summed E-state index contributed by atoms with van der Waals surface area (Å²) >= 11 is 1.39. The molecule has 1 N–H and O–H groups in total. The number of carbonyl (C=O) groups excluding carboxylic acids is 1. The fourth-order valence-corrected chi connectivity index (χ4v) is 3.97. The molecule has 0 bridgehead atoms. The molecule has 1 aromatic carbocycles. The molecule has 0 aliphatic carbocycles. The number of ether oxygens (including phenoxy) is 1. The van der Waals surface area contributed by atoms with Crippen LogP contribution in [0.4, 0.5) is 0 Å². The van der Waals surface area contributed by atoms with Crippen LogP contribution >= 0.6 is 11.8 Å². The maximum absolute atomic E-state index is 12.4. The van der Waals surface area contributed by atoms with Crippen LogP contribution in [0, 0.1) is 6.92 Å². The smallest absolute Gasteiger partial charge is 0.233 e. The highest BCUT2D eigenvalue weighted by atomic mass is 32.2. The number of nitrogens with zero attached hydrogens (tertiary/aromatic N) is 4.